The zero-order valence-corrected chi connectivity index (χ0v) is 17.9. The normalized spacial score (nSPS) is 19.3. The summed E-state index contributed by atoms with van der Waals surface area (Å²) < 4.78 is 32.6. The first-order chi connectivity index (χ1) is 12.0. The number of rotatable bonds is 6. The van der Waals surface area contributed by atoms with E-state index in [-0.39, 0.29) is 30.0 Å². The van der Waals surface area contributed by atoms with E-state index in [1.165, 1.54) is 0 Å². The van der Waals surface area contributed by atoms with Crippen LogP contribution in [0.1, 0.15) is 34.1 Å². The third-order valence-corrected chi connectivity index (χ3v) is 5.65. The van der Waals surface area contributed by atoms with Crippen molar-refractivity contribution in [2.24, 2.45) is 11.1 Å². The summed E-state index contributed by atoms with van der Waals surface area (Å²) in [7, 11) is -3.78. The van der Waals surface area contributed by atoms with E-state index in [1.807, 2.05) is 27.7 Å². The first-order valence-electron chi connectivity index (χ1n) is 8.79. The summed E-state index contributed by atoms with van der Waals surface area (Å²) >= 11 is 0. The van der Waals surface area contributed by atoms with Crippen molar-refractivity contribution in [1.82, 2.24) is 4.90 Å². The fraction of sp³-hybridized carbons (Fsp3) is 0.611. The molecule has 0 aliphatic carbocycles. The summed E-state index contributed by atoms with van der Waals surface area (Å²) in [5.41, 5.74) is 6.24. The molecule has 1 aromatic rings. The van der Waals surface area contributed by atoms with Crippen molar-refractivity contribution in [3.8, 4) is 5.75 Å². The van der Waals surface area contributed by atoms with Crippen molar-refractivity contribution in [3.63, 3.8) is 0 Å². The third kappa shape index (κ3) is 6.86. The lowest BCUT2D eigenvalue weighted by atomic mass is 9.80. The number of likely N-dealkylation sites (tertiary alicyclic amines) is 1. The summed E-state index contributed by atoms with van der Waals surface area (Å²) in [4.78, 5) is 14.0. The van der Waals surface area contributed by atoms with Crippen LogP contribution in [0.5, 0.6) is 5.75 Å². The smallest absolute Gasteiger partial charge is 0.241 e. The Morgan fingerprint density at radius 2 is 1.93 bits per heavy atom. The summed E-state index contributed by atoms with van der Waals surface area (Å²) in [5, 5.41) is 0. The summed E-state index contributed by atoms with van der Waals surface area (Å²) in [6.07, 6.45) is 0.709. The second-order valence-electron chi connectivity index (χ2n) is 7.75. The number of ether oxygens (including phenoxy) is 1. The number of sulfonamides is 1. The second-order valence-corrected chi connectivity index (χ2v) is 9.47. The molecule has 154 valence electrons. The predicted octanol–water partition coefficient (Wildman–Crippen LogP) is 2.22. The molecule has 0 aromatic heterocycles. The third-order valence-electron chi connectivity index (χ3n) is 4.48. The van der Waals surface area contributed by atoms with Crippen LogP contribution < -0.4 is 15.2 Å². The molecule has 0 saturated carbocycles. The first-order valence-corrected chi connectivity index (χ1v) is 10.4. The van der Waals surface area contributed by atoms with Crippen molar-refractivity contribution in [1.29, 1.82) is 0 Å². The van der Waals surface area contributed by atoms with Crippen LogP contribution in [-0.2, 0) is 14.8 Å². The molecule has 1 fully saturated rings. The molecule has 1 aromatic carbocycles. The van der Waals surface area contributed by atoms with Gasteiger partial charge in [0.15, 0.2) is 0 Å². The minimum Gasteiger partial charge on any atom is -0.491 e. The Morgan fingerprint density at radius 3 is 2.44 bits per heavy atom. The number of carbonyl (C=O) groups is 1. The molecule has 1 amide bonds. The van der Waals surface area contributed by atoms with Crippen LogP contribution in [0.3, 0.4) is 0 Å². The van der Waals surface area contributed by atoms with Crippen LogP contribution in [-0.4, -0.2) is 50.2 Å². The second kappa shape index (κ2) is 9.12. The average Bonchev–Trinajstić information content (AvgIpc) is 2.50. The van der Waals surface area contributed by atoms with Crippen LogP contribution in [0.2, 0.25) is 0 Å². The monoisotopic (exact) mass is 419 g/mol. The van der Waals surface area contributed by atoms with Crippen LogP contribution in [0.4, 0.5) is 5.69 Å². The zero-order chi connectivity index (χ0) is 19.5. The van der Waals surface area contributed by atoms with E-state index in [1.54, 1.807) is 29.2 Å². The van der Waals surface area contributed by atoms with Gasteiger partial charge in [0.1, 0.15) is 11.5 Å². The molecule has 0 bridgehead atoms. The summed E-state index contributed by atoms with van der Waals surface area (Å²) in [5.74, 6) is -0.328. The van der Waals surface area contributed by atoms with Gasteiger partial charge in [-0.1, -0.05) is 13.8 Å². The van der Waals surface area contributed by atoms with E-state index < -0.39 is 21.7 Å². The van der Waals surface area contributed by atoms with Gasteiger partial charge in [0.05, 0.1) is 6.10 Å². The minimum atomic E-state index is -3.78. The maximum Gasteiger partial charge on any atom is 0.241 e. The fourth-order valence-electron chi connectivity index (χ4n) is 2.93. The highest BCUT2D eigenvalue weighted by Gasteiger charge is 2.36. The zero-order valence-electron chi connectivity index (χ0n) is 16.3. The Morgan fingerprint density at radius 1 is 1.33 bits per heavy atom. The van der Waals surface area contributed by atoms with Gasteiger partial charge in [-0.25, -0.2) is 8.42 Å². The van der Waals surface area contributed by atoms with Crippen LogP contribution in [0.25, 0.3) is 0 Å². The number of nitrogens with two attached hydrogens (primary N) is 1. The Hall–Kier alpha value is -1.51. The molecule has 1 aliphatic rings. The number of anilines is 1. The number of nitrogens with one attached hydrogen (secondary N) is 1. The number of carbonyl (C=O) groups excluding carboxylic acids is 1. The highest BCUT2D eigenvalue weighted by molar-refractivity contribution is 7.93. The minimum absolute atomic E-state index is 0. The fourth-order valence-corrected chi connectivity index (χ4v) is 4.01. The number of benzene rings is 1. The van der Waals surface area contributed by atoms with Gasteiger partial charge in [-0.15, -0.1) is 12.4 Å². The Balaban J connectivity index is 0.00000364. The Bertz CT molecular complexity index is 735. The number of nitrogens with zero attached hydrogens (tertiary/aromatic N) is 1. The standard InChI is InChI=1S/C18H29N3O4S.ClH/c1-13(2)25-15-7-5-14(6-8-15)20-26(23,24)11-17(22)21-10-9-16(19)18(3,4)12-21;/h5-8,13,16,20H,9-12,19H2,1-4H3;1H. The largest absolute Gasteiger partial charge is 0.491 e. The van der Waals surface area contributed by atoms with Gasteiger partial charge in [-0.05, 0) is 49.9 Å². The molecule has 9 heteroatoms. The van der Waals surface area contributed by atoms with E-state index in [2.05, 4.69) is 4.72 Å². The number of hydrogen-bond donors (Lipinski definition) is 2. The molecule has 3 N–H and O–H groups in total. The SMILES string of the molecule is CC(C)Oc1ccc(NS(=O)(=O)CC(=O)N2CCC(N)C(C)(C)C2)cc1.Cl. The lowest BCUT2D eigenvalue weighted by molar-refractivity contribution is -0.131. The number of hydrogen-bond acceptors (Lipinski definition) is 5. The lowest BCUT2D eigenvalue weighted by Gasteiger charge is -2.42. The molecule has 2 rings (SSSR count). The van der Waals surface area contributed by atoms with Crippen molar-refractivity contribution in [2.75, 3.05) is 23.6 Å². The molecule has 0 radical (unpaired) electrons. The van der Waals surface area contributed by atoms with E-state index in [9.17, 15) is 13.2 Å². The topological polar surface area (TPSA) is 102 Å². The van der Waals surface area contributed by atoms with Gasteiger partial charge in [0.25, 0.3) is 0 Å². The van der Waals surface area contributed by atoms with Gasteiger partial charge in [-0.3, -0.25) is 9.52 Å². The number of amides is 1. The quantitative estimate of drug-likeness (QED) is 0.736. The molecule has 0 spiro atoms. The van der Waals surface area contributed by atoms with E-state index in [0.717, 1.165) is 0 Å². The van der Waals surface area contributed by atoms with E-state index in [4.69, 9.17) is 10.5 Å². The van der Waals surface area contributed by atoms with Crippen LogP contribution in [0, 0.1) is 5.41 Å². The average molecular weight is 420 g/mol. The molecule has 1 saturated heterocycles. The van der Waals surface area contributed by atoms with Crippen molar-refractivity contribution in [3.05, 3.63) is 24.3 Å². The molecule has 1 heterocycles. The van der Waals surface area contributed by atoms with Crippen molar-refractivity contribution >= 4 is 34.0 Å². The molecular weight excluding hydrogens is 390 g/mol. The molecule has 1 unspecified atom stereocenters. The maximum atomic E-state index is 12.4. The molecule has 7 nitrogen and oxygen atoms in total. The van der Waals surface area contributed by atoms with Gasteiger partial charge in [-0.2, -0.15) is 0 Å². The lowest BCUT2D eigenvalue weighted by Crippen LogP contribution is -2.55. The van der Waals surface area contributed by atoms with Crippen LogP contribution in [0.15, 0.2) is 24.3 Å². The van der Waals surface area contributed by atoms with Crippen molar-refractivity contribution < 1.29 is 17.9 Å². The van der Waals surface area contributed by atoms with Gasteiger partial charge in [0.2, 0.25) is 15.9 Å². The van der Waals surface area contributed by atoms with Crippen molar-refractivity contribution in [2.45, 2.75) is 46.3 Å². The molecule has 27 heavy (non-hydrogen) atoms. The molecule has 1 aliphatic heterocycles. The van der Waals surface area contributed by atoms with Gasteiger partial charge >= 0.3 is 0 Å². The van der Waals surface area contributed by atoms with Gasteiger partial charge < -0.3 is 15.4 Å². The van der Waals surface area contributed by atoms with E-state index >= 15 is 0 Å². The Kier molecular flexibility index (Phi) is 7.95. The first kappa shape index (κ1) is 23.5. The summed E-state index contributed by atoms with van der Waals surface area (Å²) in [6.45, 7) is 8.76. The van der Waals surface area contributed by atoms with E-state index in [0.29, 0.717) is 30.9 Å². The predicted molar refractivity (Wildman–Crippen MR) is 110 cm³/mol. The molecular formula is C18H30ClN3O4S. The highest BCUT2D eigenvalue weighted by atomic mass is 35.5. The maximum absolute atomic E-state index is 12.4. The van der Waals surface area contributed by atoms with Gasteiger partial charge in [0, 0.05) is 24.8 Å². The highest BCUT2D eigenvalue weighted by Crippen LogP contribution is 2.28. The van der Waals surface area contributed by atoms with Crippen LogP contribution >= 0.6 is 12.4 Å². The molecule has 1 atom stereocenters. The number of piperidine rings is 1. The summed E-state index contributed by atoms with van der Waals surface area (Å²) in [6, 6.07) is 6.61. The Labute approximate surface area is 168 Å². The number of halogens is 1.